The van der Waals surface area contributed by atoms with E-state index >= 15 is 0 Å². The summed E-state index contributed by atoms with van der Waals surface area (Å²) in [6, 6.07) is 8.67. The van der Waals surface area contributed by atoms with Crippen LogP contribution in [0.4, 0.5) is 13.2 Å². The van der Waals surface area contributed by atoms with Gasteiger partial charge in [0.25, 0.3) is 5.91 Å². The molecule has 1 N–H and O–H groups in total. The SMILES string of the molecule is COc1cc(C(F)(F)F)ccc1CO[C@H]1[C@H](C(C)(C)C)[C@@H](C(=O)O)N(C(=O)[C@@H]2CCCCO2)[C@H]1c1ccccc1C. The lowest BCUT2D eigenvalue weighted by atomic mass is 9.73. The third-order valence-electron chi connectivity index (χ3n) is 8.12. The summed E-state index contributed by atoms with van der Waals surface area (Å²) in [5, 5.41) is 10.6. The van der Waals surface area contributed by atoms with E-state index in [0.29, 0.717) is 18.6 Å². The molecule has 224 valence electrons. The molecular formula is C31H38F3NO6. The van der Waals surface area contributed by atoms with E-state index in [9.17, 15) is 27.9 Å². The lowest BCUT2D eigenvalue weighted by Gasteiger charge is -2.35. The number of carboxylic acids is 1. The van der Waals surface area contributed by atoms with Gasteiger partial charge in [0, 0.05) is 18.1 Å². The van der Waals surface area contributed by atoms with E-state index in [1.165, 1.54) is 18.1 Å². The highest BCUT2D eigenvalue weighted by atomic mass is 19.4. The molecule has 0 bridgehead atoms. The van der Waals surface area contributed by atoms with Crippen molar-refractivity contribution in [3.05, 3.63) is 64.7 Å². The zero-order valence-electron chi connectivity index (χ0n) is 24.0. The van der Waals surface area contributed by atoms with Crippen molar-refractivity contribution in [1.29, 1.82) is 0 Å². The summed E-state index contributed by atoms with van der Waals surface area (Å²) in [6.45, 7) is 7.89. The molecule has 2 fully saturated rings. The van der Waals surface area contributed by atoms with Crippen molar-refractivity contribution in [3.8, 4) is 5.75 Å². The van der Waals surface area contributed by atoms with E-state index in [2.05, 4.69) is 0 Å². The third-order valence-corrected chi connectivity index (χ3v) is 8.12. The van der Waals surface area contributed by atoms with Gasteiger partial charge >= 0.3 is 12.1 Å². The molecule has 2 aliphatic heterocycles. The maximum atomic E-state index is 14.1. The van der Waals surface area contributed by atoms with E-state index in [-0.39, 0.29) is 12.4 Å². The Morgan fingerprint density at radius 2 is 1.80 bits per heavy atom. The number of aliphatic carboxylic acids is 1. The number of nitrogens with zero attached hydrogens (tertiary/aromatic N) is 1. The van der Waals surface area contributed by atoms with Crippen LogP contribution >= 0.6 is 0 Å². The fourth-order valence-electron chi connectivity index (χ4n) is 6.16. The maximum absolute atomic E-state index is 14.1. The molecular weight excluding hydrogens is 539 g/mol. The number of carbonyl (C=O) groups is 2. The van der Waals surface area contributed by atoms with Crippen LogP contribution in [-0.4, -0.2) is 53.8 Å². The summed E-state index contributed by atoms with van der Waals surface area (Å²) in [6.07, 6.45) is -3.96. The van der Waals surface area contributed by atoms with Gasteiger partial charge < -0.3 is 24.2 Å². The number of rotatable bonds is 7. The number of amides is 1. The smallest absolute Gasteiger partial charge is 0.416 e. The Labute approximate surface area is 238 Å². The minimum atomic E-state index is -4.54. The first-order valence-corrected chi connectivity index (χ1v) is 13.8. The lowest BCUT2D eigenvalue weighted by molar-refractivity contribution is -0.159. The van der Waals surface area contributed by atoms with Crippen LogP contribution in [0.3, 0.4) is 0 Å². The van der Waals surface area contributed by atoms with Crippen LogP contribution in [0.15, 0.2) is 42.5 Å². The highest BCUT2D eigenvalue weighted by Gasteiger charge is 2.59. The summed E-state index contributed by atoms with van der Waals surface area (Å²) in [5.41, 5.74) is 0.517. The van der Waals surface area contributed by atoms with Crippen molar-refractivity contribution in [1.82, 2.24) is 4.90 Å². The number of carboxylic acid groups (broad SMARTS) is 1. The molecule has 0 unspecified atom stereocenters. The normalized spacial score (nSPS) is 25.3. The Hall–Kier alpha value is -3.11. The van der Waals surface area contributed by atoms with E-state index in [0.717, 1.165) is 36.1 Å². The molecule has 4 rings (SSSR count). The van der Waals surface area contributed by atoms with Crippen molar-refractivity contribution in [2.45, 2.75) is 84.0 Å². The number of benzene rings is 2. The molecule has 0 aromatic heterocycles. The van der Waals surface area contributed by atoms with Crippen molar-refractivity contribution >= 4 is 11.9 Å². The van der Waals surface area contributed by atoms with Crippen LogP contribution in [0.5, 0.6) is 5.75 Å². The van der Waals surface area contributed by atoms with Crippen LogP contribution in [0.1, 0.15) is 68.3 Å². The number of aryl methyl sites for hydroxylation is 1. The molecule has 2 saturated heterocycles. The monoisotopic (exact) mass is 577 g/mol. The Morgan fingerprint density at radius 1 is 1.10 bits per heavy atom. The summed E-state index contributed by atoms with van der Waals surface area (Å²) in [7, 11) is 1.29. The van der Waals surface area contributed by atoms with E-state index in [1.54, 1.807) is 0 Å². The highest BCUT2D eigenvalue weighted by Crippen LogP contribution is 2.51. The Balaban J connectivity index is 1.81. The quantitative estimate of drug-likeness (QED) is 0.423. The predicted molar refractivity (Wildman–Crippen MR) is 145 cm³/mol. The van der Waals surface area contributed by atoms with E-state index in [1.807, 2.05) is 52.0 Å². The van der Waals surface area contributed by atoms with E-state index in [4.69, 9.17) is 14.2 Å². The van der Waals surface area contributed by atoms with Crippen LogP contribution < -0.4 is 4.74 Å². The molecule has 2 aromatic carbocycles. The minimum Gasteiger partial charge on any atom is -0.496 e. The molecule has 2 aliphatic rings. The summed E-state index contributed by atoms with van der Waals surface area (Å²) in [4.78, 5) is 28.5. The largest absolute Gasteiger partial charge is 0.496 e. The molecule has 0 spiro atoms. The second kappa shape index (κ2) is 12.0. The number of carbonyl (C=O) groups excluding carboxylic acids is 1. The van der Waals surface area contributed by atoms with Gasteiger partial charge in [-0.2, -0.15) is 13.2 Å². The highest BCUT2D eigenvalue weighted by molar-refractivity contribution is 5.88. The maximum Gasteiger partial charge on any atom is 0.416 e. The second-order valence-electron chi connectivity index (χ2n) is 11.9. The average Bonchev–Trinajstić information content (AvgIpc) is 3.27. The molecule has 2 heterocycles. The molecule has 0 saturated carbocycles. The van der Waals surface area contributed by atoms with Gasteiger partial charge in [-0.15, -0.1) is 0 Å². The number of likely N-dealkylation sites (tertiary alicyclic amines) is 1. The molecule has 2 aromatic rings. The van der Waals surface area contributed by atoms with Gasteiger partial charge in [0.2, 0.25) is 0 Å². The topological polar surface area (TPSA) is 85.3 Å². The number of ether oxygens (including phenoxy) is 3. The van der Waals surface area contributed by atoms with Gasteiger partial charge in [0.15, 0.2) is 0 Å². The predicted octanol–water partition coefficient (Wildman–Crippen LogP) is 6.18. The Kier molecular flexibility index (Phi) is 9.04. The van der Waals surface area contributed by atoms with Gasteiger partial charge in [-0.25, -0.2) is 4.79 Å². The van der Waals surface area contributed by atoms with Crippen LogP contribution in [0.25, 0.3) is 0 Å². The van der Waals surface area contributed by atoms with Crippen LogP contribution in [0.2, 0.25) is 0 Å². The van der Waals surface area contributed by atoms with Crippen molar-refractivity contribution in [3.63, 3.8) is 0 Å². The zero-order valence-corrected chi connectivity index (χ0v) is 24.0. The van der Waals surface area contributed by atoms with Gasteiger partial charge in [0.05, 0.1) is 31.4 Å². The Morgan fingerprint density at radius 3 is 2.37 bits per heavy atom. The van der Waals surface area contributed by atoms with Crippen molar-refractivity contribution in [2.75, 3.05) is 13.7 Å². The van der Waals surface area contributed by atoms with Crippen LogP contribution in [-0.2, 0) is 31.8 Å². The number of hydrogen-bond acceptors (Lipinski definition) is 5. The number of hydrogen-bond donors (Lipinski definition) is 1. The van der Waals surface area contributed by atoms with Gasteiger partial charge in [-0.1, -0.05) is 51.1 Å². The van der Waals surface area contributed by atoms with Gasteiger partial charge in [-0.05, 0) is 54.9 Å². The molecule has 0 radical (unpaired) electrons. The fourth-order valence-corrected chi connectivity index (χ4v) is 6.16. The second-order valence-corrected chi connectivity index (χ2v) is 11.9. The molecule has 5 atom stereocenters. The first-order chi connectivity index (χ1) is 19.3. The molecule has 7 nitrogen and oxygen atoms in total. The average molecular weight is 578 g/mol. The molecule has 0 aliphatic carbocycles. The van der Waals surface area contributed by atoms with Crippen LogP contribution in [0, 0.1) is 18.3 Å². The van der Waals surface area contributed by atoms with Gasteiger partial charge in [-0.3, -0.25) is 4.79 Å². The number of halogens is 3. The standard InChI is InChI=1S/C31H38F3NO6/c1-18-10-6-7-11-21(18)25-27(41-17-19-13-14-20(31(32,33)34)16-23(19)39-5)24(30(2,3)4)26(29(37)38)35(25)28(36)22-12-8-9-15-40-22/h6-7,10-11,13-14,16,22,24-27H,8-9,12,15,17H2,1-5H3,(H,37,38)/t22-,24+,25-,26-,27-/m0/s1. The summed E-state index contributed by atoms with van der Waals surface area (Å²) >= 11 is 0. The van der Waals surface area contributed by atoms with Gasteiger partial charge in [0.1, 0.15) is 17.9 Å². The van der Waals surface area contributed by atoms with E-state index < -0.39 is 59.2 Å². The van der Waals surface area contributed by atoms with Crippen molar-refractivity contribution < 1.29 is 42.1 Å². The number of methoxy groups -OCH3 is 1. The summed E-state index contributed by atoms with van der Waals surface area (Å²) in [5.74, 6) is -2.18. The fraction of sp³-hybridized carbons (Fsp3) is 0.548. The first-order valence-electron chi connectivity index (χ1n) is 13.8. The number of alkyl halides is 3. The lowest BCUT2D eigenvalue weighted by Crippen LogP contribution is -2.51. The Bertz CT molecular complexity index is 1250. The minimum absolute atomic E-state index is 0.0101. The summed E-state index contributed by atoms with van der Waals surface area (Å²) < 4.78 is 57.6. The third kappa shape index (κ3) is 6.38. The molecule has 10 heteroatoms. The molecule has 41 heavy (non-hydrogen) atoms. The zero-order chi connectivity index (χ0) is 30.1. The first kappa shape index (κ1) is 30.8. The van der Waals surface area contributed by atoms with Crippen molar-refractivity contribution in [2.24, 2.45) is 11.3 Å². The molecule has 1 amide bonds.